The van der Waals surface area contributed by atoms with Gasteiger partial charge in [0.05, 0.1) is 13.2 Å². The molecule has 0 aromatic rings. The zero-order valence-corrected chi connectivity index (χ0v) is 10.5. The molecule has 0 bridgehead atoms. The Morgan fingerprint density at radius 3 is 2.94 bits per heavy atom. The predicted molar refractivity (Wildman–Crippen MR) is 64.5 cm³/mol. The quantitative estimate of drug-likeness (QED) is 0.792. The highest BCUT2D eigenvalue weighted by Gasteiger charge is 2.37. The molecule has 3 heteroatoms. The molecule has 2 aliphatic heterocycles. The van der Waals surface area contributed by atoms with Gasteiger partial charge in [-0.25, -0.2) is 0 Å². The fourth-order valence-corrected chi connectivity index (χ4v) is 3.21. The highest BCUT2D eigenvalue weighted by molar-refractivity contribution is 4.89. The average Bonchev–Trinajstić information content (AvgIpc) is 2.77. The van der Waals surface area contributed by atoms with E-state index in [1.807, 2.05) is 0 Å². The average molecular weight is 227 g/mol. The minimum Gasteiger partial charge on any atom is -0.396 e. The molecule has 0 aromatic carbocycles. The zero-order chi connectivity index (χ0) is 11.4. The van der Waals surface area contributed by atoms with E-state index in [0.717, 1.165) is 38.6 Å². The third-order valence-electron chi connectivity index (χ3n) is 4.25. The molecular weight excluding hydrogens is 202 g/mol. The van der Waals surface area contributed by atoms with Crippen LogP contribution in [0.1, 0.15) is 39.0 Å². The van der Waals surface area contributed by atoms with Gasteiger partial charge in [-0.3, -0.25) is 4.90 Å². The minimum atomic E-state index is 0.0238. The summed E-state index contributed by atoms with van der Waals surface area (Å²) in [6, 6.07) is 0.741. The highest BCUT2D eigenvalue weighted by Crippen LogP contribution is 2.32. The third kappa shape index (κ3) is 2.58. The molecule has 2 unspecified atom stereocenters. The Balaban J connectivity index is 1.94. The maximum atomic E-state index is 9.65. The number of ether oxygens (including phenoxy) is 1. The largest absolute Gasteiger partial charge is 0.396 e. The van der Waals surface area contributed by atoms with Gasteiger partial charge in [-0.05, 0) is 38.6 Å². The number of hydrogen-bond donors (Lipinski definition) is 1. The van der Waals surface area contributed by atoms with E-state index in [1.165, 1.54) is 25.8 Å². The molecule has 0 aliphatic carbocycles. The fraction of sp³-hybridized carbons (Fsp3) is 1.00. The van der Waals surface area contributed by atoms with Crippen LogP contribution in [-0.2, 0) is 4.74 Å². The number of aliphatic hydroxyl groups excluding tert-OH is 1. The van der Waals surface area contributed by atoms with Gasteiger partial charge in [-0.2, -0.15) is 0 Å². The molecule has 1 N–H and O–H groups in total. The number of hydrogen-bond acceptors (Lipinski definition) is 3. The Kier molecular flexibility index (Phi) is 4.22. The SMILES string of the molecule is CCC1CCCN1CC1(CO)CCCOC1. The van der Waals surface area contributed by atoms with E-state index in [0.29, 0.717) is 0 Å². The molecular formula is C13H25NO2. The zero-order valence-electron chi connectivity index (χ0n) is 10.5. The maximum absolute atomic E-state index is 9.65. The van der Waals surface area contributed by atoms with E-state index in [4.69, 9.17) is 4.74 Å². The lowest BCUT2D eigenvalue weighted by Gasteiger charge is -2.40. The van der Waals surface area contributed by atoms with Gasteiger partial charge >= 0.3 is 0 Å². The molecule has 2 aliphatic rings. The fourth-order valence-electron chi connectivity index (χ4n) is 3.21. The van der Waals surface area contributed by atoms with Crippen LogP contribution in [0.4, 0.5) is 0 Å². The van der Waals surface area contributed by atoms with Crippen LogP contribution in [0.3, 0.4) is 0 Å². The molecule has 0 amide bonds. The molecule has 0 aromatic heterocycles. The van der Waals surface area contributed by atoms with Gasteiger partial charge in [0.15, 0.2) is 0 Å². The van der Waals surface area contributed by atoms with Crippen LogP contribution in [0.2, 0.25) is 0 Å². The summed E-state index contributed by atoms with van der Waals surface area (Å²) in [5.41, 5.74) is 0.0238. The van der Waals surface area contributed by atoms with Gasteiger partial charge in [0.2, 0.25) is 0 Å². The molecule has 0 saturated carbocycles. The van der Waals surface area contributed by atoms with Crippen LogP contribution < -0.4 is 0 Å². The van der Waals surface area contributed by atoms with Crippen molar-refractivity contribution in [3.05, 3.63) is 0 Å². The van der Waals surface area contributed by atoms with Crippen LogP contribution in [0.15, 0.2) is 0 Å². The Hall–Kier alpha value is -0.120. The normalized spacial score (nSPS) is 36.8. The van der Waals surface area contributed by atoms with Crippen molar-refractivity contribution >= 4 is 0 Å². The number of aliphatic hydroxyl groups is 1. The summed E-state index contributed by atoms with van der Waals surface area (Å²) in [5, 5.41) is 9.65. The summed E-state index contributed by atoms with van der Waals surface area (Å²) < 4.78 is 5.57. The van der Waals surface area contributed by atoms with Crippen LogP contribution >= 0.6 is 0 Å². The lowest BCUT2D eigenvalue weighted by atomic mass is 9.82. The van der Waals surface area contributed by atoms with Crippen molar-refractivity contribution in [1.29, 1.82) is 0 Å². The Morgan fingerprint density at radius 1 is 1.44 bits per heavy atom. The molecule has 0 spiro atoms. The molecule has 3 nitrogen and oxygen atoms in total. The van der Waals surface area contributed by atoms with Crippen LogP contribution in [0.5, 0.6) is 0 Å². The van der Waals surface area contributed by atoms with E-state index >= 15 is 0 Å². The number of rotatable bonds is 4. The lowest BCUT2D eigenvalue weighted by molar-refractivity contribution is -0.0570. The monoisotopic (exact) mass is 227 g/mol. The first-order valence-electron chi connectivity index (χ1n) is 6.72. The summed E-state index contributed by atoms with van der Waals surface area (Å²) in [6.07, 6.45) is 6.11. The molecule has 2 rings (SSSR count). The van der Waals surface area contributed by atoms with Gasteiger partial charge in [-0.15, -0.1) is 0 Å². The Labute approximate surface area is 98.8 Å². The summed E-state index contributed by atoms with van der Waals surface area (Å²) in [6.45, 7) is 6.41. The maximum Gasteiger partial charge on any atom is 0.0556 e. The van der Waals surface area contributed by atoms with Crippen molar-refractivity contribution < 1.29 is 9.84 Å². The van der Waals surface area contributed by atoms with Crippen molar-refractivity contribution in [1.82, 2.24) is 4.90 Å². The highest BCUT2D eigenvalue weighted by atomic mass is 16.5. The molecule has 2 heterocycles. The molecule has 0 radical (unpaired) electrons. The van der Waals surface area contributed by atoms with Crippen LogP contribution in [0, 0.1) is 5.41 Å². The summed E-state index contributed by atoms with van der Waals surface area (Å²) >= 11 is 0. The van der Waals surface area contributed by atoms with Gasteiger partial charge < -0.3 is 9.84 Å². The third-order valence-corrected chi connectivity index (χ3v) is 4.25. The first kappa shape index (κ1) is 12.3. The first-order valence-corrected chi connectivity index (χ1v) is 6.72. The topological polar surface area (TPSA) is 32.7 Å². The van der Waals surface area contributed by atoms with Crippen molar-refractivity contribution in [2.75, 3.05) is 32.9 Å². The van der Waals surface area contributed by atoms with Crippen LogP contribution in [-0.4, -0.2) is 49.0 Å². The van der Waals surface area contributed by atoms with E-state index in [1.54, 1.807) is 0 Å². The Morgan fingerprint density at radius 2 is 2.31 bits per heavy atom. The van der Waals surface area contributed by atoms with Gasteiger partial charge in [-0.1, -0.05) is 6.92 Å². The van der Waals surface area contributed by atoms with Gasteiger partial charge in [0.1, 0.15) is 0 Å². The van der Waals surface area contributed by atoms with E-state index < -0.39 is 0 Å². The standard InChI is InChI=1S/C13H25NO2/c1-2-12-5-3-7-14(12)9-13(10-15)6-4-8-16-11-13/h12,15H,2-11H2,1H3. The van der Waals surface area contributed by atoms with Crippen molar-refractivity contribution in [3.63, 3.8) is 0 Å². The van der Waals surface area contributed by atoms with Crippen molar-refractivity contribution in [2.24, 2.45) is 5.41 Å². The molecule has 2 fully saturated rings. The second-order valence-electron chi connectivity index (χ2n) is 5.49. The second-order valence-corrected chi connectivity index (χ2v) is 5.49. The van der Waals surface area contributed by atoms with E-state index in [2.05, 4.69) is 11.8 Å². The molecule has 94 valence electrons. The molecule has 2 saturated heterocycles. The van der Waals surface area contributed by atoms with E-state index in [9.17, 15) is 5.11 Å². The molecule has 16 heavy (non-hydrogen) atoms. The lowest BCUT2D eigenvalue weighted by Crippen LogP contribution is -2.46. The summed E-state index contributed by atoms with van der Waals surface area (Å²) in [5.74, 6) is 0. The molecule has 2 atom stereocenters. The summed E-state index contributed by atoms with van der Waals surface area (Å²) in [7, 11) is 0. The number of nitrogens with zero attached hydrogens (tertiary/aromatic N) is 1. The second kappa shape index (κ2) is 5.48. The van der Waals surface area contributed by atoms with E-state index in [-0.39, 0.29) is 12.0 Å². The first-order chi connectivity index (χ1) is 7.79. The van der Waals surface area contributed by atoms with Crippen LogP contribution in [0.25, 0.3) is 0 Å². The van der Waals surface area contributed by atoms with Crippen molar-refractivity contribution in [2.45, 2.75) is 45.1 Å². The van der Waals surface area contributed by atoms with Gasteiger partial charge in [0.25, 0.3) is 0 Å². The predicted octanol–water partition coefficient (Wildman–Crippen LogP) is 1.65. The van der Waals surface area contributed by atoms with Gasteiger partial charge in [0, 0.05) is 24.6 Å². The smallest absolute Gasteiger partial charge is 0.0556 e. The summed E-state index contributed by atoms with van der Waals surface area (Å²) in [4.78, 5) is 2.57. The minimum absolute atomic E-state index is 0.0238. The Bertz CT molecular complexity index is 214. The van der Waals surface area contributed by atoms with Crippen molar-refractivity contribution in [3.8, 4) is 0 Å². The number of likely N-dealkylation sites (tertiary alicyclic amines) is 1.